The average molecular weight is 343 g/mol. The largest absolute Gasteiger partial charge is 0.393 e. The summed E-state index contributed by atoms with van der Waals surface area (Å²) in [5, 5.41) is 4.05. The van der Waals surface area contributed by atoms with E-state index in [1.165, 1.54) is 0 Å². The third-order valence-electron chi connectivity index (χ3n) is 4.22. The van der Waals surface area contributed by atoms with Crippen LogP contribution in [0.4, 0.5) is 0 Å². The van der Waals surface area contributed by atoms with E-state index in [1.807, 2.05) is 48.9 Å². The number of imidazole rings is 1. The van der Waals surface area contributed by atoms with Crippen molar-refractivity contribution in [1.82, 2.24) is 9.55 Å². The molecular formula is C19H25N3O3. The highest BCUT2D eigenvalue weighted by atomic mass is 16.7. The molecular weight excluding hydrogens is 318 g/mol. The van der Waals surface area contributed by atoms with Crippen molar-refractivity contribution in [2.24, 2.45) is 12.2 Å². The molecule has 1 fully saturated rings. The predicted molar refractivity (Wildman–Crippen MR) is 96.5 cm³/mol. The summed E-state index contributed by atoms with van der Waals surface area (Å²) >= 11 is 0. The van der Waals surface area contributed by atoms with Crippen LogP contribution in [-0.2, 0) is 21.4 Å². The number of ether oxygens (including phenoxy) is 2. The zero-order chi connectivity index (χ0) is 17.5. The molecule has 1 aromatic heterocycles. The summed E-state index contributed by atoms with van der Waals surface area (Å²) in [6, 6.07) is 10.1. The minimum Gasteiger partial charge on any atom is -0.393 e. The van der Waals surface area contributed by atoms with Crippen molar-refractivity contribution in [2.45, 2.75) is 32.5 Å². The normalized spacial score (nSPS) is 17.9. The zero-order valence-corrected chi connectivity index (χ0v) is 14.9. The van der Waals surface area contributed by atoms with Crippen molar-refractivity contribution in [2.75, 3.05) is 19.8 Å². The van der Waals surface area contributed by atoms with Gasteiger partial charge in [0, 0.05) is 19.2 Å². The van der Waals surface area contributed by atoms with Crippen LogP contribution in [0, 0.1) is 6.92 Å². The Morgan fingerprint density at radius 1 is 1.28 bits per heavy atom. The van der Waals surface area contributed by atoms with Crippen LogP contribution in [0.1, 0.15) is 30.7 Å². The maximum atomic E-state index is 5.61. The number of rotatable bonds is 7. The molecule has 0 amide bonds. The van der Waals surface area contributed by atoms with Gasteiger partial charge in [-0.15, -0.1) is 0 Å². The number of hydrogen-bond donors (Lipinski definition) is 0. The molecule has 134 valence electrons. The first-order valence-corrected chi connectivity index (χ1v) is 8.73. The van der Waals surface area contributed by atoms with Crippen molar-refractivity contribution in [3.8, 4) is 11.4 Å². The lowest BCUT2D eigenvalue weighted by Gasteiger charge is -2.22. The van der Waals surface area contributed by atoms with Crippen molar-refractivity contribution in [1.29, 1.82) is 0 Å². The Hall–Kier alpha value is -2.18. The Morgan fingerprint density at radius 3 is 2.88 bits per heavy atom. The summed E-state index contributed by atoms with van der Waals surface area (Å²) in [5.41, 5.74) is 2.92. The summed E-state index contributed by atoms with van der Waals surface area (Å²) in [6.45, 7) is 3.63. The van der Waals surface area contributed by atoms with Gasteiger partial charge in [-0.05, 0) is 26.2 Å². The first kappa shape index (κ1) is 17.6. The number of aromatic nitrogens is 2. The highest BCUT2D eigenvalue weighted by Gasteiger charge is 2.14. The Bertz CT molecular complexity index is 691. The van der Waals surface area contributed by atoms with Gasteiger partial charge in [0.1, 0.15) is 12.4 Å². The Kier molecular flexibility index (Phi) is 6.19. The minimum atomic E-state index is -0.0888. The van der Waals surface area contributed by atoms with Crippen molar-refractivity contribution in [3.05, 3.63) is 41.7 Å². The molecule has 3 rings (SSSR count). The molecule has 1 unspecified atom stereocenters. The van der Waals surface area contributed by atoms with Gasteiger partial charge in [0.25, 0.3) is 0 Å². The standard InChI is InChI=1S/C19H25N3O3/c1-15-17(22(2)19(21-15)16-8-4-3-5-9-16)14-20-25-13-12-24-18-10-6-7-11-23-18/h3-5,8-9,14,18H,6-7,10-13H2,1-2H3. The second-order valence-corrected chi connectivity index (χ2v) is 6.07. The molecule has 0 bridgehead atoms. The molecule has 0 aliphatic carbocycles. The Labute approximate surface area is 148 Å². The van der Waals surface area contributed by atoms with E-state index < -0.39 is 0 Å². The number of aryl methyl sites for hydroxylation is 1. The fourth-order valence-corrected chi connectivity index (χ4v) is 2.87. The molecule has 6 nitrogen and oxygen atoms in total. The van der Waals surface area contributed by atoms with Crippen LogP contribution in [0.25, 0.3) is 11.4 Å². The van der Waals surface area contributed by atoms with E-state index in [9.17, 15) is 0 Å². The molecule has 1 aliphatic rings. The van der Waals surface area contributed by atoms with Crippen LogP contribution in [0.2, 0.25) is 0 Å². The highest BCUT2D eigenvalue weighted by Crippen LogP contribution is 2.20. The van der Waals surface area contributed by atoms with E-state index in [0.29, 0.717) is 13.2 Å². The van der Waals surface area contributed by atoms with Crippen LogP contribution < -0.4 is 0 Å². The summed E-state index contributed by atoms with van der Waals surface area (Å²) in [5.74, 6) is 0.914. The molecule has 25 heavy (non-hydrogen) atoms. The molecule has 0 spiro atoms. The van der Waals surface area contributed by atoms with E-state index in [-0.39, 0.29) is 6.29 Å². The predicted octanol–water partition coefficient (Wildman–Crippen LogP) is 3.29. The van der Waals surface area contributed by atoms with Crippen LogP contribution in [0.15, 0.2) is 35.5 Å². The van der Waals surface area contributed by atoms with Gasteiger partial charge in [-0.2, -0.15) is 0 Å². The van der Waals surface area contributed by atoms with Gasteiger partial charge in [-0.1, -0.05) is 35.5 Å². The molecule has 2 aromatic rings. The molecule has 1 aliphatic heterocycles. The highest BCUT2D eigenvalue weighted by molar-refractivity contribution is 5.80. The lowest BCUT2D eigenvalue weighted by molar-refractivity contribution is -0.168. The van der Waals surface area contributed by atoms with Crippen LogP contribution in [0.3, 0.4) is 0 Å². The fourth-order valence-electron chi connectivity index (χ4n) is 2.87. The molecule has 6 heteroatoms. The first-order valence-electron chi connectivity index (χ1n) is 8.73. The van der Waals surface area contributed by atoms with Gasteiger partial charge in [-0.3, -0.25) is 0 Å². The van der Waals surface area contributed by atoms with E-state index in [0.717, 1.165) is 48.6 Å². The molecule has 1 aromatic carbocycles. The lowest BCUT2D eigenvalue weighted by Crippen LogP contribution is -2.23. The lowest BCUT2D eigenvalue weighted by atomic mass is 10.2. The number of hydrogen-bond acceptors (Lipinski definition) is 5. The number of nitrogens with zero attached hydrogens (tertiary/aromatic N) is 3. The summed E-state index contributed by atoms with van der Waals surface area (Å²) in [4.78, 5) is 9.93. The van der Waals surface area contributed by atoms with E-state index in [1.54, 1.807) is 6.21 Å². The summed E-state index contributed by atoms with van der Waals surface area (Å²) in [7, 11) is 1.98. The quantitative estimate of drug-likeness (QED) is 0.440. The monoisotopic (exact) mass is 343 g/mol. The van der Waals surface area contributed by atoms with Gasteiger partial charge < -0.3 is 18.9 Å². The smallest absolute Gasteiger partial charge is 0.157 e. The average Bonchev–Trinajstić information content (AvgIpc) is 2.94. The van der Waals surface area contributed by atoms with Gasteiger partial charge in [0.05, 0.1) is 24.2 Å². The van der Waals surface area contributed by atoms with E-state index in [2.05, 4.69) is 10.1 Å². The van der Waals surface area contributed by atoms with Gasteiger partial charge in [-0.25, -0.2) is 4.98 Å². The van der Waals surface area contributed by atoms with E-state index >= 15 is 0 Å². The van der Waals surface area contributed by atoms with Gasteiger partial charge >= 0.3 is 0 Å². The Balaban J connectivity index is 1.50. The van der Waals surface area contributed by atoms with Crippen LogP contribution >= 0.6 is 0 Å². The summed E-state index contributed by atoms with van der Waals surface area (Å²) in [6.07, 6.45) is 4.85. The van der Waals surface area contributed by atoms with Gasteiger partial charge in [0.15, 0.2) is 6.29 Å². The number of oxime groups is 1. The maximum Gasteiger partial charge on any atom is 0.157 e. The van der Waals surface area contributed by atoms with Gasteiger partial charge in [0.2, 0.25) is 0 Å². The molecule has 0 radical (unpaired) electrons. The maximum absolute atomic E-state index is 5.61. The zero-order valence-electron chi connectivity index (χ0n) is 14.9. The van der Waals surface area contributed by atoms with Crippen LogP contribution in [0.5, 0.6) is 0 Å². The second kappa shape index (κ2) is 8.78. The molecule has 1 atom stereocenters. The molecule has 0 N–H and O–H groups in total. The number of benzene rings is 1. The van der Waals surface area contributed by atoms with Crippen molar-refractivity contribution < 1.29 is 14.3 Å². The molecule has 0 saturated carbocycles. The molecule has 1 saturated heterocycles. The minimum absolute atomic E-state index is 0.0888. The summed E-state index contributed by atoms with van der Waals surface area (Å²) < 4.78 is 13.1. The second-order valence-electron chi connectivity index (χ2n) is 6.07. The fraction of sp³-hybridized carbons (Fsp3) is 0.474. The SMILES string of the molecule is Cc1nc(-c2ccccc2)n(C)c1C=NOCCOC1CCCCO1. The van der Waals surface area contributed by atoms with E-state index in [4.69, 9.17) is 14.3 Å². The molecule has 2 heterocycles. The van der Waals surface area contributed by atoms with Crippen LogP contribution in [-0.4, -0.2) is 41.9 Å². The third-order valence-corrected chi connectivity index (χ3v) is 4.22. The van der Waals surface area contributed by atoms with Crippen molar-refractivity contribution >= 4 is 6.21 Å². The first-order chi connectivity index (χ1) is 12.3. The topological polar surface area (TPSA) is 57.9 Å². The van der Waals surface area contributed by atoms with Crippen molar-refractivity contribution in [3.63, 3.8) is 0 Å². The Morgan fingerprint density at radius 2 is 2.12 bits per heavy atom. The third kappa shape index (κ3) is 4.67.